The zero-order valence-electron chi connectivity index (χ0n) is 13.2. The van der Waals surface area contributed by atoms with Gasteiger partial charge in [0.05, 0.1) is 12.5 Å². The minimum atomic E-state index is -0.349. The van der Waals surface area contributed by atoms with Crippen LogP contribution >= 0.6 is 0 Å². The molecule has 6 nitrogen and oxygen atoms in total. The van der Waals surface area contributed by atoms with Gasteiger partial charge in [-0.15, -0.1) is 0 Å². The first-order valence-electron chi connectivity index (χ1n) is 8.00. The van der Waals surface area contributed by atoms with Gasteiger partial charge in [-0.3, -0.25) is 9.59 Å². The van der Waals surface area contributed by atoms with Crippen LogP contribution in [0.2, 0.25) is 0 Å². The minimum absolute atomic E-state index is 0.0480. The molecule has 1 saturated carbocycles. The molecule has 1 aliphatic heterocycles. The lowest BCUT2D eigenvalue weighted by molar-refractivity contribution is -0.139. The first-order valence-corrected chi connectivity index (χ1v) is 8.00. The van der Waals surface area contributed by atoms with Crippen LogP contribution in [0, 0.1) is 5.92 Å². The average molecular weight is 296 g/mol. The lowest BCUT2D eigenvalue weighted by atomic mass is 9.85. The lowest BCUT2D eigenvalue weighted by Gasteiger charge is -2.37. The molecule has 1 saturated heterocycles. The molecule has 2 amide bonds. The van der Waals surface area contributed by atoms with Gasteiger partial charge in [0.25, 0.3) is 0 Å². The third-order valence-electron chi connectivity index (χ3n) is 4.36. The maximum absolute atomic E-state index is 12.4. The molecule has 0 aromatic heterocycles. The highest BCUT2D eigenvalue weighted by Gasteiger charge is 2.32. The Hall–Kier alpha value is -1.14. The van der Waals surface area contributed by atoms with Crippen LogP contribution in [0.5, 0.6) is 0 Å². The van der Waals surface area contributed by atoms with Crippen LogP contribution in [0.25, 0.3) is 0 Å². The molecule has 0 aromatic carbocycles. The van der Waals surface area contributed by atoms with E-state index in [1.807, 2.05) is 23.9 Å². The van der Waals surface area contributed by atoms with E-state index >= 15 is 0 Å². The molecule has 6 heteroatoms. The molecule has 0 bridgehead atoms. The van der Waals surface area contributed by atoms with Gasteiger partial charge in [0.2, 0.25) is 11.8 Å². The SMILES string of the molecule is CN(C)CCNC(=O)CC1NCCN(CC2CCC2)C1=O. The highest BCUT2D eigenvalue weighted by molar-refractivity contribution is 5.88. The first-order chi connectivity index (χ1) is 10.1. The first kappa shape index (κ1) is 16.2. The van der Waals surface area contributed by atoms with Crippen LogP contribution in [0.1, 0.15) is 25.7 Å². The van der Waals surface area contributed by atoms with E-state index in [9.17, 15) is 9.59 Å². The molecule has 21 heavy (non-hydrogen) atoms. The predicted octanol–water partition coefficient (Wildman–Crippen LogP) is -0.345. The Kier molecular flexibility index (Phi) is 5.99. The van der Waals surface area contributed by atoms with E-state index in [-0.39, 0.29) is 24.3 Å². The van der Waals surface area contributed by atoms with E-state index in [4.69, 9.17) is 0 Å². The van der Waals surface area contributed by atoms with E-state index in [1.165, 1.54) is 19.3 Å². The van der Waals surface area contributed by atoms with Gasteiger partial charge in [-0.25, -0.2) is 0 Å². The summed E-state index contributed by atoms with van der Waals surface area (Å²) in [5, 5.41) is 6.04. The monoisotopic (exact) mass is 296 g/mol. The fraction of sp³-hybridized carbons (Fsp3) is 0.867. The number of carbonyl (C=O) groups excluding carboxylic acids is 2. The smallest absolute Gasteiger partial charge is 0.240 e. The average Bonchev–Trinajstić information content (AvgIpc) is 2.37. The largest absolute Gasteiger partial charge is 0.355 e. The van der Waals surface area contributed by atoms with Crippen LogP contribution in [0.4, 0.5) is 0 Å². The van der Waals surface area contributed by atoms with Crippen molar-refractivity contribution in [1.82, 2.24) is 20.4 Å². The zero-order valence-corrected chi connectivity index (χ0v) is 13.2. The molecule has 1 atom stereocenters. The summed E-state index contributed by atoms with van der Waals surface area (Å²) in [7, 11) is 3.94. The molecule has 2 fully saturated rings. The van der Waals surface area contributed by atoms with Crippen molar-refractivity contribution in [1.29, 1.82) is 0 Å². The Morgan fingerprint density at radius 3 is 2.81 bits per heavy atom. The summed E-state index contributed by atoms with van der Waals surface area (Å²) in [6.07, 6.45) is 4.02. The molecule has 1 heterocycles. The number of hydrogen-bond donors (Lipinski definition) is 2. The maximum atomic E-state index is 12.4. The standard InChI is InChI=1S/C15H28N4O2/c1-18(2)8-6-17-14(20)10-13-15(21)19(9-7-16-13)11-12-4-3-5-12/h12-13,16H,3-11H2,1-2H3,(H,17,20). The van der Waals surface area contributed by atoms with Gasteiger partial charge in [-0.1, -0.05) is 6.42 Å². The Bertz CT molecular complexity index is 369. The van der Waals surface area contributed by atoms with Crippen LogP contribution in [0.15, 0.2) is 0 Å². The molecule has 0 aromatic rings. The number of rotatable bonds is 7. The van der Waals surface area contributed by atoms with Crippen LogP contribution in [-0.2, 0) is 9.59 Å². The predicted molar refractivity (Wildman–Crippen MR) is 81.9 cm³/mol. The van der Waals surface area contributed by atoms with E-state index in [1.54, 1.807) is 0 Å². The van der Waals surface area contributed by atoms with Crippen molar-refractivity contribution >= 4 is 11.8 Å². The van der Waals surface area contributed by atoms with Crippen LogP contribution in [-0.4, -0.2) is 74.5 Å². The molecular weight excluding hydrogens is 268 g/mol. The summed E-state index contributed by atoms with van der Waals surface area (Å²) >= 11 is 0. The molecule has 1 unspecified atom stereocenters. The molecule has 2 aliphatic rings. The number of carbonyl (C=O) groups is 2. The third-order valence-corrected chi connectivity index (χ3v) is 4.36. The van der Waals surface area contributed by atoms with Gasteiger partial charge in [0.1, 0.15) is 0 Å². The fourth-order valence-electron chi connectivity index (χ4n) is 2.80. The molecule has 0 radical (unpaired) electrons. The van der Waals surface area contributed by atoms with Crippen molar-refractivity contribution in [2.45, 2.75) is 31.7 Å². The number of amides is 2. The van der Waals surface area contributed by atoms with Crippen molar-refractivity contribution in [3.63, 3.8) is 0 Å². The summed E-state index contributed by atoms with van der Waals surface area (Å²) < 4.78 is 0. The molecule has 2 N–H and O–H groups in total. The second-order valence-electron chi connectivity index (χ2n) is 6.45. The molecule has 0 spiro atoms. The number of piperazine rings is 1. The van der Waals surface area contributed by atoms with Gasteiger partial charge < -0.3 is 20.4 Å². The fourth-order valence-corrected chi connectivity index (χ4v) is 2.80. The number of likely N-dealkylation sites (N-methyl/N-ethyl adjacent to an activating group) is 1. The van der Waals surface area contributed by atoms with Crippen LogP contribution < -0.4 is 10.6 Å². The Morgan fingerprint density at radius 1 is 1.43 bits per heavy atom. The topological polar surface area (TPSA) is 64.7 Å². The normalized spacial score (nSPS) is 23.3. The van der Waals surface area contributed by atoms with Crippen molar-refractivity contribution < 1.29 is 9.59 Å². The summed E-state index contributed by atoms with van der Waals surface area (Å²) in [6.45, 7) is 3.87. The van der Waals surface area contributed by atoms with Gasteiger partial charge in [-0.05, 0) is 32.9 Å². The van der Waals surface area contributed by atoms with Crippen LogP contribution in [0.3, 0.4) is 0 Å². The molecular formula is C15H28N4O2. The highest BCUT2D eigenvalue weighted by atomic mass is 16.2. The highest BCUT2D eigenvalue weighted by Crippen LogP contribution is 2.27. The zero-order chi connectivity index (χ0) is 15.2. The van der Waals surface area contributed by atoms with Gasteiger partial charge >= 0.3 is 0 Å². The summed E-state index contributed by atoms with van der Waals surface area (Å²) in [6, 6.07) is -0.349. The number of hydrogen-bond acceptors (Lipinski definition) is 4. The second kappa shape index (κ2) is 7.75. The van der Waals surface area contributed by atoms with E-state index < -0.39 is 0 Å². The van der Waals surface area contributed by atoms with Crippen molar-refractivity contribution in [2.24, 2.45) is 5.92 Å². The summed E-state index contributed by atoms with van der Waals surface area (Å²) in [5.41, 5.74) is 0. The third kappa shape index (κ3) is 4.97. The molecule has 2 rings (SSSR count). The van der Waals surface area contributed by atoms with Gasteiger partial charge in [-0.2, -0.15) is 0 Å². The quantitative estimate of drug-likeness (QED) is 0.674. The number of nitrogens with one attached hydrogen (secondary N) is 2. The lowest BCUT2D eigenvalue weighted by Crippen LogP contribution is -2.57. The van der Waals surface area contributed by atoms with Crippen molar-refractivity contribution in [3.05, 3.63) is 0 Å². The maximum Gasteiger partial charge on any atom is 0.240 e. The van der Waals surface area contributed by atoms with Gasteiger partial charge in [0.15, 0.2) is 0 Å². The van der Waals surface area contributed by atoms with E-state index in [0.717, 1.165) is 26.2 Å². The van der Waals surface area contributed by atoms with Crippen molar-refractivity contribution in [2.75, 3.05) is 46.8 Å². The summed E-state index contributed by atoms with van der Waals surface area (Å²) in [4.78, 5) is 28.2. The van der Waals surface area contributed by atoms with E-state index in [0.29, 0.717) is 12.5 Å². The second-order valence-corrected chi connectivity index (χ2v) is 6.45. The number of nitrogens with zero attached hydrogens (tertiary/aromatic N) is 2. The molecule has 1 aliphatic carbocycles. The van der Waals surface area contributed by atoms with E-state index in [2.05, 4.69) is 10.6 Å². The minimum Gasteiger partial charge on any atom is -0.355 e. The Balaban J connectivity index is 1.73. The molecule has 120 valence electrons. The van der Waals surface area contributed by atoms with Crippen molar-refractivity contribution in [3.8, 4) is 0 Å². The summed E-state index contributed by atoms with van der Waals surface area (Å²) in [5.74, 6) is 0.728. The Morgan fingerprint density at radius 2 is 2.19 bits per heavy atom. The Labute approximate surface area is 127 Å². The van der Waals surface area contributed by atoms with Gasteiger partial charge in [0, 0.05) is 32.7 Å².